The van der Waals surface area contributed by atoms with Crippen molar-refractivity contribution in [1.29, 1.82) is 0 Å². The van der Waals surface area contributed by atoms with Gasteiger partial charge in [0, 0.05) is 35.0 Å². The van der Waals surface area contributed by atoms with Crippen LogP contribution >= 0.6 is 11.8 Å². The van der Waals surface area contributed by atoms with Gasteiger partial charge in [-0.25, -0.2) is 0 Å². The fourth-order valence-corrected chi connectivity index (χ4v) is 5.23. The molecule has 0 bridgehead atoms. The molecule has 4 aromatic rings. The van der Waals surface area contributed by atoms with Crippen LogP contribution < -0.4 is 10.1 Å². The van der Waals surface area contributed by atoms with Gasteiger partial charge >= 0.3 is 0 Å². The van der Waals surface area contributed by atoms with E-state index in [1.807, 2.05) is 90.7 Å². The first kappa shape index (κ1) is 23.1. The predicted octanol–water partition coefficient (Wildman–Crippen LogP) is 4.77. The summed E-state index contributed by atoms with van der Waals surface area (Å²) in [6.07, 6.45) is 2.03. The Hall–Kier alpha value is -3.71. The number of aromatic nitrogens is 1. The van der Waals surface area contributed by atoms with Crippen molar-refractivity contribution < 1.29 is 14.3 Å². The zero-order valence-electron chi connectivity index (χ0n) is 19.9. The van der Waals surface area contributed by atoms with E-state index in [0.717, 1.165) is 33.3 Å². The number of fused-ring (bicyclic) bond motifs is 3. The molecule has 0 saturated carbocycles. The minimum absolute atomic E-state index is 0.0264. The molecule has 0 spiro atoms. The molecule has 0 unspecified atom stereocenters. The quantitative estimate of drug-likeness (QED) is 0.383. The Morgan fingerprint density at radius 3 is 2.43 bits per heavy atom. The van der Waals surface area contributed by atoms with Gasteiger partial charge in [-0.3, -0.25) is 9.59 Å². The van der Waals surface area contributed by atoms with Crippen LogP contribution in [0.15, 0.2) is 77.7 Å². The number of para-hydroxylation sites is 1. The summed E-state index contributed by atoms with van der Waals surface area (Å²) in [7, 11) is 3.54. The number of aryl methyl sites for hydroxylation is 1. The van der Waals surface area contributed by atoms with Crippen LogP contribution in [0, 0.1) is 0 Å². The second-order valence-electron chi connectivity index (χ2n) is 8.57. The number of carbonyl (C=O) groups excluding carboxylic acids is 2. The molecule has 1 aliphatic heterocycles. The molecular formula is C28H27N3O3S. The van der Waals surface area contributed by atoms with Crippen molar-refractivity contribution in [3.05, 3.63) is 95.2 Å². The van der Waals surface area contributed by atoms with Gasteiger partial charge in [-0.15, -0.1) is 11.8 Å². The number of methoxy groups -OCH3 is 1. The lowest BCUT2D eigenvalue weighted by Gasteiger charge is -2.26. The largest absolute Gasteiger partial charge is 0.497 e. The molecule has 1 aromatic heterocycles. The number of carbonyl (C=O) groups is 2. The summed E-state index contributed by atoms with van der Waals surface area (Å²) >= 11 is 1.68. The first-order chi connectivity index (χ1) is 17.0. The van der Waals surface area contributed by atoms with Crippen molar-refractivity contribution in [2.24, 2.45) is 7.05 Å². The molecule has 0 saturated heterocycles. The van der Waals surface area contributed by atoms with Gasteiger partial charge in [0.25, 0.3) is 5.91 Å². The Labute approximate surface area is 208 Å². The molecule has 0 aliphatic carbocycles. The van der Waals surface area contributed by atoms with Crippen LogP contribution in [0.3, 0.4) is 0 Å². The summed E-state index contributed by atoms with van der Waals surface area (Å²) in [5, 5.41) is 4.00. The van der Waals surface area contributed by atoms with Crippen molar-refractivity contribution in [2.75, 3.05) is 19.9 Å². The van der Waals surface area contributed by atoms with Gasteiger partial charge in [0.15, 0.2) is 0 Å². The average molecular weight is 486 g/mol. The van der Waals surface area contributed by atoms with Crippen molar-refractivity contribution in [3.63, 3.8) is 0 Å². The third-order valence-corrected chi connectivity index (χ3v) is 7.33. The molecule has 7 heteroatoms. The third kappa shape index (κ3) is 4.17. The summed E-state index contributed by atoms with van der Waals surface area (Å²) in [6.45, 7) is 0.389. The van der Waals surface area contributed by atoms with Crippen LogP contribution in [0.1, 0.15) is 33.2 Å². The second-order valence-corrected chi connectivity index (χ2v) is 9.45. The number of thioether (sulfide) groups is 1. The highest BCUT2D eigenvalue weighted by Gasteiger charge is 2.42. The number of nitrogens with zero attached hydrogens (tertiary/aromatic N) is 2. The van der Waals surface area contributed by atoms with Crippen molar-refractivity contribution in [1.82, 2.24) is 14.8 Å². The van der Waals surface area contributed by atoms with E-state index in [4.69, 9.17) is 4.74 Å². The van der Waals surface area contributed by atoms with Gasteiger partial charge in [-0.2, -0.15) is 0 Å². The maximum Gasteiger partial charge on any atom is 0.272 e. The van der Waals surface area contributed by atoms with E-state index >= 15 is 0 Å². The van der Waals surface area contributed by atoms with Gasteiger partial charge < -0.3 is 19.5 Å². The summed E-state index contributed by atoms with van der Waals surface area (Å²) in [5.41, 5.74) is 4.54. The molecule has 1 N–H and O–H groups in total. The summed E-state index contributed by atoms with van der Waals surface area (Å²) in [5.74, 6) is 0.412. The molecule has 0 radical (unpaired) electrons. The third-order valence-electron chi connectivity index (χ3n) is 6.59. The van der Waals surface area contributed by atoms with Crippen LogP contribution in [0.2, 0.25) is 0 Å². The number of hydrogen-bond donors (Lipinski definition) is 1. The Morgan fingerprint density at radius 2 is 1.74 bits per heavy atom. The lowest BCUT2D eigenvalue weighted by Crippen LogP contribution is -2.39. The topological polar surface area (TPSA) is 63.6 Å². The zero-order valence-corrected chi connectivity index (χ0v) is 20.8. The minimum Gasteiger partial charge on any atom is -0.497 e. The fraction of sp³-hybridized carbons (Fsp3) is 0.214. The van der Waals surface area contributed by atoms with Crippen molar-refractivity contribution >= 4 is 34.5 Å². The Balaban J connectivity index is 1.45. The first-order valence-electron chi connectivity index (χ1n) is 11.4. The van der Waals surface area contributed by atoms with Gasteiger partial charge in [-0.05, 0) is 47.7 Å². The Morgan fingerprint density at radius 1 is 1.03 bits per heavy atom. The lowest BCUT2D eigenvalue weighted by molar-refractivity contribution is -0.122. The van der Waals surface area contributed by atoms with E-state index in [2.05, 4.69) is 5.32 Å². The zero-order chi connectivity index (χ0) is 24.5. The van der Waals surface area contributed by atoms with E-state index in [1.165, 1.54) is 4.90 Å². The van der Waals surface area contributed by atoms with E-state index in [0.29, 0.717) is 12.2 Å². The predicted molar refractivity (Wildman–Crippen MR) is 139 cm³/mol. The SMILES string of the molecule is COc1ccc([C@H]2c3c(n(C)c4ccccc34)C(=O)N2CC(=O)NCc2ccc(SC)cc2)cc1. The maximum absolute atomic E-state index is 13.7. The molecule has 1 atom stereocenters. The highest BCUT2D eigenvalue weighted by Crippen LogP contribution is 2.43. The summed E-state index contributed by atoms with van der Waals surface area (Å²) < 4.78 is 7.27. The second kappa shape index (κ2) is 9.50. The van der Waals surface area contributed by atoms with Crippen LogP contribution in [0.25, 0.3) is 10.9 Å². The van der Waals surface area contributed by atoms with E-state index < -0.39 is 0 Å². The van der Waals surface area contributed by atoms with Gasteiger partial charge in [0.05, 0.1) is 13.2 Å². The number of amides is 2. The Bertz CT molecular complexity index is 1390. The average Bonchev–Trinajstić information content (AvgIpc) is 3.35. The highest BCUT2D eigenvalue weighted by molar-refractivity contribution is 7.98. The molecule has 2 amide bonds. The van der Waals surface area contributed by atoms with Gasteiger partial charge in [-0.1, -0.05) is 42.5 Å². The molecule has 2 heterocycles. The van der Waals surface area contributed by atoms with Gasteiger partial charge in [0.1, 0.15) is 18.0 Å². The monoisotopic (exact) mass is 485 g/mol. The normalized spacial score (nSPS) is 14.9. The number of ether oxygens (including phenoxy) is 1. The van der Waals surface area contributed by atoms with Crippen LogP contribution in [0.5, 0.6) is 5.75 Å². The van der Waals surface area contributed by atoms with Crippen LogP contribution in [-0.2, 0) is 18.4 Å². The first-order valence-corrected chi connectivity index (χ1v) is 12.7. The standard InChI is InChI=1S/C28H27N3O3S/c1-30-23-7-5-4-6-22(23)25-26(19-10-12-20(34-2)13-11-19)31(28(33)27(25)30)17-24(32)29-16-18-8-14-21(35-3)15-9-18/h4-15,26H,16-17H2,1-3H3,(H,29,32)/t26-/m0/s1. The molecular weight excluding hydrogens is 458 g/mol. The molecule has 5 rings (SSSR count). The number of nitrogens with one attached hydrogen (secondary N) is 1. The lowest BCUT2D eigenvalue weighted by atomic mass is 9.98. The van der Waals surface area contributed by atoms with Crippen LogP contribution in [0.4, 0.5) is 0 Å². The summed E-state index contributed by atoms with van der Waals surface area (Å²) in [6, 6.07) is 23.5. The van der Waals surface area contributed by atoms with E-state index in [9.17, 15) is 9.59 Å². The Kier molecular flexibility index (Phi) is 6.26. The van der Waals surface area contributed by atoms with E-state index in [1.54, 1.807) is 23.8 Å². The minimum atomic E-state index is -0.360. The molecule has 6 nitrogen and oxygen atoms in total. The van der Waals surface area contributed by atoms with Crippen molar-refractivity contribution in [3.8, 4) is 5.75 Å². The smallest absolute Gasteiger partial charge is 0.272 e. The number of benzene rings is 3. The highest BCUT2D eigenvalue weighted by atomic mass is 32.2. The molecule has 178 valence electrons. The van der Waals surface area contributed by atoms with E-state index in [-0.39, 0.29) is 24.4 Å². The van der Waals surface area contributed by atoms with Crippen LogP contribution in [-0.4, -0.2) is 41.2 Å². The number of hydrogen-bond acceptors (Lipinski definition) is 4. The molecule has 35 heavy (non-hydrogen) atoms. The van der Waals surface area contributed by atoms with Crippen molar-refractivity contribution in [2.45, 2.75) is 17.5 Å². The summed E-state index contributed by atoms with van der Waals surface area (Å²) in [4.78, 5) is 29.5. The maximum atomic E-state index is 13.7. The number of rotatable bonds is 7. The molecule has 3 aromatic carbocycles. The molecule has 0 fully saturated rings. The fourth-order valence-electron chi connectivity index (χ4n) is 4.82. The van der Waals surface area contributed by atoms with Gasteiger partial charge in [0.2, 0.25) is 5.91 Å². The molecule has 1 aliphatic rings.